The molecule has 8 aromatic carbocycles. The standard InChI is InChI=1S/C56H39N3O/c1-3-13-52-48(4-2)51-36-43(28-35-53(51)59(52)54-21-12-20-50-49-19-11-18-44(37-57)55(49)60-56(50)54)42-26-33-47(34-27-42)58(45-29-22-40(23-30-45)38-14-7-5-8-15-38)46-31-24-41(25-32-46)39-16-9-6-10-17-39/h3-36H,2H2,1H3/b13-3-. The minimum Gasteiger partial charge on any atom is -0.452 e. The van der Waals surface area contributed by atoms with Crippen LogP contribution in [0, 0.1) is 11.3 Å². The van der Waals surface area contributed by atoms with Crippen molar-refractivity contribution >= 4 is 62.1 Å². The fourth-order valence-corrected chi connectivity index (χ4v) is 8.50. The smallest absolute Gasteiger partial charge is 0.159 e. The summed E-state index contributed by atoms with van der Waals surface area (Å²) in [6, 6.07) is 68.3. The number of benzene rings is 8. The monoisotopic (exact) mass is 769 g/mol. The van der Waals surface area contributed by atoms with Crippen molar-refractivity contribution in [2.24, 2.45) is 0 Å². The summed E-state index contributed by atoms with van der Waals surface area (Å²) in [5.41, 5.74) is 16.0. The summed E-state index contributed by atoms with van der Waals surface area (Å²) in [5, 5.41) is 12.8. The van der Waals surface area contributed by atoms with Crippen LogP contribution in [0.5, 0.6) is 0 Å². The van der Waals surface area contributed by atoms with Crippen LogP contribution in [0.4, 0.5) is 17.1 Å². The maximum absolute atomic E-state index is 9.86. The van der Waals surface area contributed by atoms with Gasteiger partial charge in [0.25, 0.3) is 0 Å². The molecule has 0 aliphatic carbocycles. The molecule has 2 heterocycles. The highest BCUT2D eigenvalue weighted by Crippen LogP contribution is 2.41. The second kappa shape index (κ2) is 15.3. The number of para-hydroxylation sites is 2. The van der Waals surface area contributed by atoms with Gasteiger partial charge in [-0.15, -0.1) is 0 Å². The van der Waals surface area contributed by atoms with E-state index in [1.807, 2.05) is 37.3 Å². The van der Waals surface area contributed by atoms with Gasteiger partial charge in [0.05, 0.1) is 22.5 Å². The van der Waals surface area contributed by atoms with Crippen LogP contribution in [0.3, 0.4) is 0 Å². The summed E-state index contributed by atoms with van der Waals surface area (Å²) < 4.78 is 8.78. The number of hydrogen-bond donors (Lipinski definition) is 0. The molecule has 10 aromatic rings. The molecule has 0 N–H and O–H groups in total. The third-order valence-corrected chi connectivity index (χ3v) is 11.4. The molecular weight excluding hydrogens is 731 g/mol. The molecule has 0 aliphatic rings. The Morgan fingerprint density at radius 2 is 1.03 bits per heavy atom. The van der Waals surface area contributed by atoms with E-state index < -0.39 is 0 Å². The number of fused-ring (bicyclic) bond motifs is 4. The van der Waals surface area contributed by atoms with Crippen LogP contribution in [-0.2, 0) is 0 Å². The average molecular weight is 770 g/mol. The van der Waals surface area contributed by atoms with Crippen LogP contribution in [0.1, 0.15) is 23.7 Å². The van der Waals surface area contributed by atoms with E-state index in [4.69, 9.17) is 4.42 Å². The van der Waals surface area contributed by atoms with Gasteiger partial charge < -0.3 is 13.9 Å². The Morgan fingerprint density at radius 3 is 1.57 bits per heavy atom. The van der Waals surface area contributed by atoms with Crippen LogP contribution < -0.4 is 4.90 Å². The van der Waals surface area contributed by atoms with Gasteiger partial charge in [-0.25, -0.2) is 0 Å². The average Bonchev–Trinajstić information content (AvgIpc) is 3.85. The van der Waals surface area contributed by atoms with Crippen LogP contribution in [0.2, 0.25) is 0 Å². The molecule has 0 radical (unpaired) electrons. The highest BCUT2D eigenvalue weighted by atomic mass is 16.3. The zero-order valence-electron chi connectivity index (χ0n) is 33.1. The molecular formula is C56H39N3O. The molecule has 10 rings (SSSR count). The second-order valence-corrected chi connectivity index (χ2v) is 14.8. The van der Waals surface area contributed by atoms with Crippen molar-refractivity contribution in [1.82, 2.24) is 4.57 Å². The Balaban J connectivity index is 1.06. The highest BCUT2D eigenvalue weighted by molar-refractivity contribution is 6.10. The zero-order valence-corrected chi connectivity index (χ0v) is 33.1. The molecule has 4 nitrogen and oxygen atoms in total. The van der Waals surface area contributed by atoms with Gasteiger partial charge >= 0.3 is 0 Å². The third-order valence-electron chi connectivity index (χ3n) is 11.4. The van der Waals surface area contributed by atoms with Gasteiger partial charge in [0.2, 0.25) is 0 Å². The molecule has 0 aliphatic heterocycles. The molecule has 284 valence electrons. The number of allylic oxidation sites excluding steroid dienone is 1. The lowest BCUT2D eigenvalue weighted by molar-refractivity contribution is 0.664. The first-order chi connectivity index (χ1) is 29.6. The van der Waals surface area contributed by atoms with E-state index >= 15 is 0 Å². The first kappa shape index (κ1) is 36.2. The number of rotatable bonds is 9. The van der Waals surface area contributed by atoms with Crippen LogP contribution >= 0.6 is 0 Å². The largest absolute Gasteiger partial charge is 0.452 e. The van der Waals surface area contributed by atoms with Crippen LogP contribution in [-0.4, -0.2) is 4.57 Å². The molecule has 0 unspecified atom stereocenters. The van der Waals surface area contributed by atoms with E-state index in [1.54, 1.807) is 6.07 Å². The van der Waals surface area contributed by atoms with E-state index in [-0.39, 0.29) is 0 Å². The molecule has 4 heteroatoms. The summed E-state index contributed by atoms with van der Waals surface area (Å²) in [6.45, 7) is 6.30. The first-order valence-corrected chi connectivity index (χ1v) is 20.1. The molecule has 0 saturated heterocycles. The summed E-state index contributed by atoms with van der Waals surface area (Å²) in [7, 11) is 0. The number of anilines is 3. The first-order valence-electron chi connectivity index (χ1n) is 20.1. The number of hydrogen-bond acceptors (Lipinski definition) is 3. The Morgan fingerprint density at radius 1 is 0.533 bits per heavy atom. The minimum absolute atomic E-state index is 0.521. The van der Waals surface area contributed by atoms with E-state index in [1.165, 1.54) is 22.3 Å². The molecule has 0 saturated carbocycles. The van der Waals surface area contributed by atoms with Gasteiger partial charge in [0.1, 0.15) is 6.07 Å². The lowest BCUT2D eigenvalue weighted by Crippen LogP contribution is -2.09. The molecule has 0 bridgehead atoms. The summed E-state index contributed by atoms with van der Waals surface area (Å²) in [4.78, 5) is 2.31. The topological polar surface area (TPSA) is 45.1 Å². The van der Waals surface area contributed by atoms with E-state index in [2.05, 4.69) is 192 Å². The molecule has 60 heavy (non-hydrogen) atoms. The van der Waals surface area contributed by atoms with Crippen LogP contribution in [0.15, 0.2) is 205 Å². The second-order valence-electron chi connectivity index (χ2n) is 14.8. The Bertz CT molecular complexity index is 3170. The molecule has 0 amide bonds. The quantitative estimate of drug-likeness (QED) is 0.147. The van der Waals surface area contributed by atoms with Gasteiger partial charge in [0, 0.05) is 38.8 Å². The maximum Gasteiger partial charge on any atom is 0.159 e. The van der Waals surface area contributed by atoms with Crippen molar-refractivity contribution in [3.8, 4) is 45.1 Å². The summed E-state index contributed by atoms with van der Waals surface area (Å²) >= 11 is 0. The van der Waals surface area contributed by atoms with Gasteiger partial charge in [-0.2, -0.15) is 5.26 Å². The fraction of sp³-hybridized carbons (Fsp3) is 0.0179. The molecule has 2 aromatic heterocycles. The van der Waals surface area contributed by atoms with E-state index in [0.717, 1.165) is 72.4 Å². The fourth-order valence-electron chi connectivity index (χ4n) is 8.50. The third kappa shape index (κ3) is 6.27. The number of aromatic nitrogens is 1. The lowest BCUT2D eigenvalue weighted by Gasteiger charge is -2.26. The minimum atomic E-state index is 0.521. The Labute approximate surface area is 349 Å². The number of nitrogens with zero attached hydrogens (tertiary/aromatic N) is 3. The highest BCUT2D eigenvalue weighted by Gasteiger charge is 2.21. The summed E-state index contributed by atoms with van der Waals surface area (Å²) in [6.07, 6.45) is 6.12. The van der Waals surface area contributed by atoms with Crippen molar-refractivity contribution < 1.29 is 4.42 Å². The Hall–Kier alpha value is -8.13. The van der Waals surface area contributed by atoms with E-state index in [0.29, 0.717) is 11.1 Å². The predicted molar refractivity (Wildman–Crippen MR) is 251 cm³/mol. The van der Waals surface area contributed by atoms with Crippen molar-refractivity contribution in [3.05, 3.63) is 218 Å². The van der Waals surface area contributed by atoms with Gasteiger partial charge in [-0.3, -0.25) is 0 Å². The maximum atomic E-state index is 9.86. The normalized spacial score (nSPS) is 11.4. The summed E-state index contributed by atoms with van der Waals surface area (Å²) in [5.74, 6) is 0. The van der Waals surface area contributed by atoms with Crippen molar-refractivity contribution in [2.75, 3.05) is 4.90 Å². The lowest BCUT2D eigenvalue weighted by atomic mass is 10.0. The molecule has 0 atom stereocenters. The van der Waals surface area contributed by atoms with Crippen LogP contribution in [0.25, 0.3) is 84.1 Å². The van der Waals surface area contributed by atoms with Gasteiger partial charge in [-0.05, 0) is 107 Å². The van der Waals surface area contributed by atoms with Crippen molar-refractivity contribution in [2.45, 2.75) is 6.92 Å². The molecule has 0 fully saturated rings. The molecule has 0 spiro atoms. The van der Waals surface area contributed by atoms with Gasteiger partial charge in [-0.1, -0.05) is 146 Å². The van der Waals surface area contributed by atoms with Gasteiger partial charge in [0.15, 0.2) is 11.2 Å². The number of nitriles is 1. The van der Waals surface area contributed by atoms with Crippen molar-refractivity contribution in [1.29, 1.82) is 5.26 Å². The zero-order chi connectivity index (χ0) is 40.6. The van der Waals surface area contributed by atoms with Crippen molar-refractivity contribution in [3.63, 3.8) is 0 Å². The Kier molecular flexibility index (Phi) is 9.25. The van der Waals surface area contributed by atoms with E-state index in [9.17, 15) is 5.26 Å². The SMILES string of the molecule is C=Cc1c(/C=C\C)n(-c2cccc3c2oc2c(C#N)cccc23)c2ccc(-c3ccc(N(c4ccc(-c5ccccc5)cc4)c4ccc(-c5ccccc5)cc4)cc3)cc12. The predicted octanol–water partition coefficient (Wildman–Crippen LogP) is 15.5. The number of furan rings is 1.